The summed E-state index contributed by atoms with van der Waals surface area (Å²) in [5.74, 6) is 1.19. The molecule has 6 bridgehead atoms. The van der Waals surface area contributed by atoms with Crippen LogP contribution in [0.25, 0.3) is 54.1 Å². The van der Waals surface area contributed by atoms with Gasteiger partial charge in [0.1, 0.15) is 16.5 Å². The molecule has 1 atom stereocenters. The maximum absolute atomic E-state index is 12.1. The highest BCUT2D eigenvalue weighted by molar-refractivity contribution is 7.22. The molecule has 0 radical (unpaired) electrons. The molecule has 0 aliphatic carbocycles. The number of aromatic nitrogens is 3. The van der Waals surface area contributed by atoms with E-state index in [1.807, 2.05) is 49.5 Å². The van der Waals surface area contributed by atoms with Crippen molar-refractivity contribution >= 4 is 44.1 Å². The third-order valence-electron chi connectivity index (χ3n) is 9.37. The highest BCUT2D eigenvalue weighted by Gasteiger charge is 2.25. The Kier molecular flexibility index (Phi) is 9.87. The number of carboxylic acids is 1. The van der Waals surface area contributed by atoms with Crippen molar-refractivity contribution in [1.29, 1.82) is 0 Å². The van der Waals surface area contributed by atoms with E-state index in [4.69, 9.17) is 35.3 Å². The van der Waals surface area contributed by atoms with Gasteiger partial charge < -0.3 is 25.4 Å². The second-order valence-electron chi connectivity index (χ2n) is 14.6. The van der Waals surface area contributed by atoms with Gasteiger partial charge in [-0.25, -0.2) is 4.98 Å². The van der Waals surface area contributed by atoms with Gasteiger partial charge in [-0.15, -0.1) is 11.3 Å². The van der Waals surface area contributed by atoms with Crippen molar-refractivity contribution in [3.05, 3.63) is 83.7 Å². The summed E-state index contributed by atoms with van der Waals surface area (Å²) >= 11 is 1.58. The first-order chi connectivity index (χ1) is 24.9. The number of nitrogens with zero attached hydrogens (tertiary/aromatic N) is 3. The number of rotatable bonds is 2. The lowest BCUT2D eigenvalue weighted by Gasteiger charge is -2.27. The second-order valence-corrected chi connectivity index (χ2v) is 15.6. The number of thiazole rings is 1. The minimum atomic E-state index is -0.855. The third-order valence-corrected chi connectivity index (χ3v) is 10.5. The van der Waals surface area contributed by atoms with E-state index in [0.717, 1.165) is 109 Å². The lowest BCUT2D eigenvalue weighted by atomic mass is 9.85. The predicted octanol–water partition coefficient (Wildman–Crippen LogP) is 9.35. The molecular formula is C42H44N4O5S. The van der Waals surface area contributed by atoms with Gasteiger partial charge in [0.05, 0.1) is 52.2 Å². The van der Waals surface area contributed by atoms with E-state index in [1.165, 1.54) is 5.56 Å². The SMILES string of the molecule is CC(C)(C)O.Cc1cc2nc3sc2c(c1CC(=O)O)-c1ccc2c(c1)C(CCCCCOc1c(cnc4cc(N)ccc14)-c1cc-3ccn1)CCO2. The Morgan fingerprint density at radius 3 is 2.58 bits per heavy atom. The highest BCUT2D eigenvalue weighted by atomic mass is 32.1. The van der Waals surface area contributed by atoms with Gasteiger partial charge in [-0.1, -0.05) is 18.9 Å². The van der Waals surface area contributed by atoms with Crippen LogP contribution >= 0.6 is 11.3 Å². The minimum Gasteiger partial charge on any atom is -0.493 e. The monoisotopic (exact) mass is 716 g/mol. The number of aliphatic carboxylic acids is 1. The molecule has 4 N–H and O–H groups in total. The molecule has 268 valence electrons. The average molecular weight is 717 g/mol. The van der Waals surface area contributed by atoms with Gasteiger partial charge in [0.25, 0.3) is 0 Å². The van der Waals surface area contributed by atoms with Crippen molar-refractivity contribution in [3.63, 3.8) is 0 Å². The molecule has 2 aliphatic heterocycles. The van der Waals surface area contributed by atoms with Crippen LogP contribution in [-0.4, -0.2) is 49.9 Å². The van der Waals surface area contributed by atoms with Crippen LogP contribution in [0, 0.1) is 6.92 Å². The summed E-state index contributed by atoms with van der Waals surface area (Å²) in [5.41, 5.74) is 15.2. The molecule has 0 amide bonds. The van der Waals surface area contributed by atoms with Gasteiger partial charge >= 0.3 is 5.97 Å². The Morgan fingerprint density at radius 2 is 1.77 bits per heavy atom. The fraction of sp³-hybridized carbons (Fsp3) is 0.333. The van der Waals surface area contributed by atoms with Crippen LogP contribution in [0.15, 0.2) is 67.0 Å². The number of carboxylic acid groups (broad SMARTS) is 1. The van der Waals surface area contributed by atoms with E-state index >= 15 is 0 Å². The number of aryl methyl sites for hydroxylation is 1. The first-order valence-corrected chi connectivity index (χ1v) is 18.7. The van der Waals surface area contributed by atoms with Crippen LogP contribution in [-0.2, 0) is 11.2 Å². The normalized spacial score (nSPS) is 15.7. The number of benzene rings is 3. The number of carbonyl (C=O) groups is 1. The fourth-order valence-corrected chi connectivity index (χ4v) is 8.18. The second kappa shape index (κ2) is 14.5. The van der Waals surface area contributed by atoms with Crippen LogP contribution in [0.2, 0.25) is 0 Å². The summed E-state index contributed by atoms with van der Waals surface area (Å²) in [5, 5.41) is 20.2. The fourth-order valence-electron chi connectivity index (χ4n) is 7.04. The van der Waals surface area contributed by atoms with E-state index in [2.05, 4.69) is 18.2 Å². The number of hydrogen-bond acceptors (Lipinski definition) is 9. The maximum Gasteiger partial charge on any atom is 0.307 e. The number of aliphatic hydroxyl groups is 1. The minimum absolute atomic E-state index is 0.0653. The molecule has 3 aromatic carbocycles. The van der Waals surface area contributed by atoms with Gasteiger partial charge in [-0.05, 0) is 124 Å². The molecule has 1 unspecified atom stereocenters. The van der Waals surface area contributed by atoms with Gasteiger partial charge in [-0.2, -0.15) is 0 Å². The summed E-state index contributed by atoms with van der Waals surface area (Å²) in [6.45, 7) is 8.49. The van der Waals surface area contributed by atoms with Crippen molar-refractivity contribution in [2.75, 3.05) is 18.9 Å². The van der Waals surface area contributed by atoms with E-state index in [0.29, 0.717) is 24.8 Å². The maximum atomic E-state index is 12.1. The predicted molar refractivity (Wildman–Crippen MR) is 208 cm³/mol. The van der Waals surface area contributed by atoms with Gasteiger partial charge in [-0.3, -0.25) is 14.8 Å². The number of fused-ring (bicyclic) bond motifs is 10. The number of nitrogens with two attached hydrogens (primary N) is 1. The first-order valence-electron chi connectivity index (χ1n) is 17.8. The van der Waals surface area contributed by atoms with Crippen molar-refractivity contribution in [1.82, 2.24) is 15.0 Å². The van der Waals surface area contributed by atoms with Gasteiger partial charge in [0.2, 0.25) is 0 Å². The molecule has 0 saturated carbocycles. The Morgan fingerprint density at radius 1 is 0.942 bits per heavy atom. The molecule has 10 heteroatoms. The van der Waals surface area contributed by atoms with Crippen LogP contribution < -0.4 is 15.2 Å². The van der Waals surface area contributed by atoms with Crippen molar-refractivity contribution < 1.29 is 24.5 Å². The number of hydrogen-bond donors (Lipinski definition) is 3. The molecule has 9 nitrogen and oxygen atoms in total. The summed E-state index contributed by atoms with van der Waals surface area (Å²) in [7, 11) is 0. The topological polar surface area (TPSA) is 141 Å². The molecule has 0 fully saturated rings. The number of anilines is 1. The molecule has 8 rings (SSSR count). The summed E-state index contributed by atoms with van der Waals surface area (Å²) in [4.78, 5) is 26.7. The molecule has 52 heavy (non-hydrogen) atoms. The van der Waals surface area contributed by atoms with Crippen molar-refractivity contribution in [3.8, 4) is 44.5 Å². The molecule has 6 aromatic rings. The third kappa shape index (κ3) is 7.59. The number of pyridine rings is 2. The largest absolute Gasteiger partial charge is 0.493 e. The van der Waals surface area contributed by atoms with Gasteiger partial charge in [0, 0.05) is 34.6 Å². The van der Waals surface area contributed by atoms with Crippen LogP contribution in [0.3, 0.4) is 0 Å². The first kappa shape index (κ1) is 35.3. The van der Waals surface area contributed by atoms with Crippen molar-refractivity contribution in [2.24, 2.45) is 0 Å². The zero-order valence-corrected chi connectivity index (χ0v) is 30.8. The quantitative estimate of drug-likeness (QED) is 0.150. The number of nitrogen functional groups attached to an aromatic ring is 1. The Labute approximate surface area is 307 Å². The average Bonchev–Trinajstić information content (AvgIpc) is 3.52. The zero-order valence-electron chi connectivity index (χ0n) is 30.0. The van der Waals surface area contributed by atoms with Crippen LogP contribution in [0.5, 0.6) is 11.5 Å². The lowest BCUT2D eigenvalue weighted by molar-refractivity contribution is -0.136. The lowest BCUT2D eigenvalue weighted by Crippen LogP contribution is -2.14. The van der Waals surface area contributed by atoms with Crippen LogP contribution in [0.1, 0.15) is 75.5 Å². The van der Waals surface area contributed by atoms with E-state index in [-0.39, 0.29) is 6.42 Å². The summed E-state index contributed by atoms with van der Waals surface area (Å²) < 4.78 is 13.6. The number of ether oxygens (including phenoxy) is 2. The summed E-state index contributed by atoms with van der Waals surface area (Å²) in [6, 6.07) is 18.1. The standard InChI is InChI=1S/C38H34N4O4S.C4H10O/c1-21-15-32-37-35(27(21)19-34(43)44)23-6-9-33-28(16-23)22(11-14-45-33)5-3-2-4-13-46-36-26-8-7-25(39)18-31(26)41-20-29(36)30-17-24(10-12-40-30)38(42-32)47-37;1-4(2,3)5/h6-10,12,15-18,20,22H,2-5,11,13-14,19,39H2,1H3,(H,43,44);5H,1-3H3. The molecular weight excluding hydrogens is 673 g/mol. The van der Waals surface area contributed by atoms with Gasteiger partial charge in [0.15, 0.2) is 0 Å². The van der Waals surface area contributed by atoms with E-state index in [9.17, 15) is 9.90 Å². The molecule has 0 spiro atoms. The Hall–Kier alpha value is -5.06. The smallest absolute Gasteiger partial charge is 0.307 e. The summed E-state index contributed by atoms with van der Waals surface area (Å²) in [6.07, 6.45) is 8.58. The Bertz CT molecular complexity index is 2290. The molecule has 2 aliphatic rings. The van der Waals surface area contributed by atoms with E-state index < -0.39 is 11.6 Å². The molecule has 0 saturated heterocycles. The molecule has 5 heterocycles. The van der Waals surface area contributed by atoms with E-state index in [1.54, 1.807) is 38.3 Å². The zero-order chi connectivity index (χ0) is 36.6. The Balaban J connectivity index is 0.000000789. The highest BCUT2D eigenvalue weighted by Crippen LogP contribution is 2.45. The van der Waals surface area contributed by atoms with Crippen LogP contribution in [0.4, 0.5) is 5.69 Å². The van der Waals surface area contributed by atoms with Crippen molar-refractivity contribution in [2.45, 2.75) is 77.7 Å². The molecule has 3 aromatic heterocycles.